The van der Waals surface area contributed by atoms with Crippen molar-refractivity contribution < 1.29 is 14.4 Å². The largest absolute Gasteiger partial charge is 0.368 e. The van der Waals surface area contributed by atoms with Gasteiger partial charge in [0.05, 0.1) is 13.0 Å². The minimum absolute atomic E-state index is 0.0796. The van der Waals surface area contributed by atoms with Gasteiger partial charge in [-0.2, -0.15) is 0 Å². The van der Waals surface area contributed by atoms with Crippen molar-refractivity contribution in [2.75, 3.05) is 18.4 Å². The van der Waals surface area contributed by atoms with Crippen molar-refractivity contribution in [3.63, 3.8) is 0 Å². The molecule has 0 unspecified atom stereocenters. The number of hydrogen-bond acceptors (Lipinski definition) is 3. The van der Waals surface area contributed by atoms with Crippen LogP contribution in [-0.4, -0.2) is 35.7 Å². The number of hydrogen-bond donors (Lipinski definition) is 2. The standard InChI is InChI=1S/C13H15N3O3/c1-2-16(7-11(14)17)13(19)9-4-3-8-6-12(18)15-10(8)5-9/h3-5H,2,6-7H2,1H3,(H2,14,17)(H,15,18). The Morgan fingerprint density at radius 3 is 2.79 bits per heavy atom. The van der Waals surface area contributed by atoms with Crippen molar-refractivity contribution >= 4 is 23.4 Å². The Morgan fingerprint density at radius 1 is 1.42 bits per heavy atom. The molecule has 0 fully saturated rings. The number of fused-ring (bicyclic) bond motifs is 1. The maximum absolute atomic E-state index is 12.2. The van der Waals surface area contributed by atoms with Crippen molar-refractivity contribution in [3.05, 3.63) is 29.3 Å². The van der Waals surface area contributed by atoms with E-state index < -0.39 is 5.91 Å². The third-order valence-electron chi connectivity index (χ3n) is 3.00. The van der Waals surface area contributed by atoms with Crippen molar-refractivity contribution in [2.45, 2.75) is 13.3 Å². The van der Waals surface area contributed by atoms with Gasteiger partial charge in [-0.05, 0) is 24.6 Å². The average Bonchev–Trinajstić information content (AvgIpc) is 2.73. The van der Waals surface area contributed by atoms with Crippen LogP contribution in [0.5, 0.6) is 0 Å². The fourth-order valence-electron chi connectivity index (χ4n) is 2.05. The SMILES string of the molecule is CCN(CC(N)=O)C(=O)c1ccc2c(c1)NC(=O)C2. The molecule has 3 amide bonds. The zero-order chi connectivity index (χ0) is 14.0. The van der Waals surface area contributed by atoms with Crippen molar-refractivity contribution in [1.82, 2.24) is 4.90 Å². The van der Waals surface area contributed by atoms with Gasteiger partial charge in [-0.15, -0.1) is 0 Å². The minimum Gasteiger partial charge on any atom is -0.368 e. The number of nitrogens with zero attached hydrogens (tertiary/aromatic N) is 1. The van der Waals surface area contributed by atoms with Gasteiger partial charge in [0, 0.05) is 17.8 Å². The molecule has 1 aliphatic rings. The topological polar surface area (TPSA) is 92.5 Å². The van der Waals surface area contributed by atoms with Gasteiger partial charge in [0.2, 0.25) is 11.8 Å². The van der Waals surface area contributed by atoms with E-state index in [9.17, 15) is 14.4 Å². The number of carbonyl (C=O) groups excluding carboxylic acids is 3. The number of primary amides is 1. The van der Waals surface area contributed by atoms with Gasteiger partial charge in [-0.1, -0.05) is 6.07 Å². The van der Waals surface area contributed by atoms with Crippen molar-refractivity contribution in [1.29, 1.82) is 0 Å². The molecule has 19 heavy (non-hydrogen) atoms. The number of benzene rings is 1. The number of anilines is 1. The van der Waals surface area contributed by atoms with Crippen LogP contribution in [0.3, 0.4) is 0 Å². The molecule has 1 aliphatic heterocycles. The summed E-state index contributed by atoms with van der Waals surface area (Å²) in [5.74, 6) is -0.904. The molecule has 0 spiro atoms. The molecule has 3 N–H and O–H groups in total. The lowest BCUT2D eigenvalue weighted by molar-refractivity contribution is -0.118. The smallest absolute Gasteiger partial charge is 0.254 e. The van der Waals surface area contributed by atoms with Crippen LogP contribution < -0.4 is 11.1 Å². The lowest BCUT2D eigenvalue weighted by atomic mass is 10.1. The molecule has 0 aliphatic carbocycles. The monoisotopic (exact) mass is 261 g/mol. The van der Waals surface area contributed by atoms with E-state index in [0.717, 1.165) is 5.56 Å². The fraction of sp³-hybridized carbons (Fsp3) is 0.308. The highest BCUT2D eigenvalue weighted by molar-refractivity contribution is 6.02. The second kappa shape index (κ2) is 5.09. The number of amides is 3. The van der Waals surface area contributed by atoms with E-state index in [2.05, 4.69) is 5.32 Å². The second-order valence-electron chi connectivity index (χ2n) is 4.38. The summed E-state index contributed by atoms with van der Waals surface area (Å²) in [7, 11) is 0. The number of carbonyl (C=O) groups is 3. The first kappa shape index (κ1) is 13.1. The maximum Gasteiger partial charge on any atom is 0.254 e. The van der Waals surface area contributed by atoms with E-state index in [-0.39, 0.29) is 18.4 Å². The fourth-order valence-corrected chi connectivity index (χ4v) is 2.05. The number of nitrogens with two attached hydrogens (primary N) is 1. The number of nitrogens with one attached hydrogen (secondary N) is 1. The highest BCUT2D eigenvalue weighted by atomic mass is 16.2. The minimum atomic E-state index is -0.551. The van der Waals surface area contributed by atoms with Gasteiger partial charge in [0.25, 0.3) is 5.91 Å². The molecule has 6 nitrogen and oxygen atoms in total. The third kappa shape index (κ3) is 2.73. The van der Waals surface area contributed by atoms with Gasteiger partial charge in [-0.3, -0.25) is 14.4 Å². The summed E-state index contributed by atoms with van der Waals surface area (Å²) in [6, 6.07) is 5.04. The van der Waals surface area contributed by atoms with Crippen LogP contribution in [0, 0.1) is 0 Å². The Bertz CT molecular complexity index is 554. The van der Waals surface area contributed by atoms with Crippen molar-refractivity contribution in [3.8, 4) is 0 Å². The molecule has 2 rings (SSSR count). The van der Waals surface area contributed by atoms with Crippen molar-refractivity contribution in [2.24, 2.45) is 5.73 Å². The molecule has 0 saturated carbocycles. The molecule has 100 valence electrons. The molecule has 6 heteroatoms. The van der Waals surface area contributed by atoms with Gasteiger partial charge in [0.1, 0.15) is 0 Å². The molecule has 1 heterocycles. The molecule has 0 atom stereocenters. The molecule has 0 aromatic heterocycles. The Labute approximate surface area is 110 Å². The molecule has 0 bridgehead atoms. The molecule has 1 aromatic rings. The Balaban J connectivity index is 2.22. The maximum atomic E-state index is 12.2. The zero-order valence-corrected chi connectivity index (χ0v) is 10.6. The second-order valence-corrected chi connectivity index (χ2v) is 4.38. The van der Waals surface area contributed by atoms with Gasteiger partial charge < -0.3 is 16.0 Å². The van der Waals surface area contributed by atoms with Crippen LogP contribution in [0.4, 0.5) is 5.69 Å². The van der Waals surface area contributed by atoms with Crippen LogP contribution in [0.15, 0.2) is 18.2 Å². The lowest BCUT2D eigenvalue weighted by Gasteiger charge is -2.19. The van der Waals surface area contributed by atoms with Crippen LogP contribution in [0.1, 0.15) is 22.8 Å². The normalized spacial score (nSPS) is 12.8. The predicted octanol–water partition coefficient (Wildman–Crippen LogP) is 0.129. The summed E-state index contributed by atoms with van der Waals surface area (Å²) in [5.41, 5.74) is 7.07. The highest BCUT2D eigenvalue weighted by Crippen LogP contribution is 2.24. The Morgan fingerprint density at radius 2 is 2.16 bits per heavy atom. The van der Waals surface area contributed by atoms with Gasteiger partial charge >= 0.3 is 0 Å². The number of likely N-dealkylation sites (N-methyl/N-ethyl adjacent to an activating group) is 1. The van der Waals surface area contributed by atoms with Gasteiger partial charge in [0.15, 0.2) is 0 Å². The van der Waals surface area contributed by atoms with E-state index in [4.69, 9.17) is 5.73 Å². The summed E-state index contributed by atoms with van der Waals surface area (Å²) < 4.78 is 0. The van der Waals surface area contributed by atoms with E-state index in [0.29, 0.717) is 24.2 Å². The summed E-state index contributed by atoms with van der Waals surface area (Å²) in [6.07, 6.45) is 0.336. The average molecular weight is 261 g/mol. The lowest BCUT2D eigenvalue weighted by Crippen LogP contribution is -2.38. The Kier molecular flexibility index (Phi) is 3.50. The summed E-state index contributed by atoms with van der Waals surface area (Å²) in [4.78, 5) is 35.7. The summed E-state index contributed by atoms with van der Waals surface area (Å²) in [6.45, 7) is 2.06. The van der Waals surface area contributed by atoms with Gasteiger partial charge in [-0.25, -0.2) is 0 Å². The van der Waals surface area contributed by atoms with E-state index in [1.807, 2.05) is 0 Å². The quantitative estimate of drug-likeness (QED) is 0.806. The Hall–Kier alpha value is -2.37. The predicted molar refractivity (Wildman–Crippen MR) is 69.5 cm³/mol. The summed E-state index contributed by atoms with van der Waals surface area (Å²) >= 11 is 0. The molecule has 0 saturated heterocycles. The molecular formula is C13H15N3O3. The summed E-state index contributed by atoms with van der Waals surface area (Å²) in [5, 5.41) is 2.69. The highest BCUT2D eigenvalue weighted by Gasteiger charge is 2.21. The van der Waals surface area contributed by atoms with Crippen LogP contribution in [-0.2, 0) is 16.0 Å². The first-order valence-corrected chi connectivity index (χ1v) is 6.01. The zero-order valence-electron chi connectivity index (χ0n) is 10.6. The number of rotatable bonds is 4. The van der Waals surface area contributed by atoms with E-state index in [1.165, 1.54) is 4.90 Å². The third-order valence-corrected chi connectivity index (χ3v) is 3.00. The van der Waals surface area contributed by atoms with Crippen LogP contribution in [0.25, 0.3) is 0 Å². The first-order chi connectivity index (χ1) is 9.01. The molecule has 1 aromatic carbocycles. The van der Waals surface area contributed by atoms with E-state index >= 15 is 0 Å². The first-order valence-electron chi connectivity index (χ1n) is 6.01. The van der Waals surface area contributed by atoms with Crippen LogP contribution >= 0.6 is 0 Å². The molecular weight excluding hydrogens is 246 g/mol. The van der Waals surface area contributed by atoms with E-state index in [1.54, 1.807) is 25.1 Å². The molecule has 0 radical (unpaired) electrons. The van der Waals surface area contributed by atoms with Crippen LogP contribution in [0.2, 0.25) is 0 Å².